The van der Waals surface area contributed by atoms with Crippen LogP contribution in [0, 0.1) is 0 Å². The molecule has 1 aliphatic heterocycles. The van der Waals surface area contributed by atoms with E-state index in [0.29, 0.717) is 46.7 Å². The van der Waals surface area contributed by atoms with Gasteiger partial charge in [0.2, 0.25) is 0 Å². The van der Waals surface area contributed by atoms with Gasteiger partial charge in [-0.2, -0.15) is 0 Å². The van der Waals surface area contributed by atoms with Crippen molar-refractivity contribution >= 4 is 11.8 Å². The molecule has 0 spiro atoms. The molecule has 0 bridgehead atoms. The highest BCUT2D eigenvalue weighted by Crippen LogP contribution is 2.48. The van der Waals surface area contributed by atoms with Crippen LogP contribution in [0.4, 0.5) is 0 Å². The summed E-state index contributed by atoms with van der Waals surface area (Å²) in [6.45, 7) is 1.83. The van der Waals surface area contributed by atoms with Crippen molar-refractivity contribution in [2.75, 3.05) is 28.4 Å². The minimum Gasteiger partial charge on any atom is -0.497 e. The molecule has 0 radical (unpaired) electrons. The first-order valence-electron chi connectivity index (χ1n) is 11.1. The van der Waals surface area contributed by atoms with Gasteiger partial charge in [0.25, 0.3) is 0 Å². The summed E-state index contributed by atoms with van der Waals surface area (Å²) in [5, 5.41) is 3.34. The van der Waals surface area contributed by atoms with E-state index in [9.17, 15) is 9.59 Å². The third-order valence-electron chi connectivity index (χ3n) is 6.57. The fraction of sp³-hybridized carbons (Fsp3) is 0.333. The normalized spacial score (nSPS) is 19.9. The Morgan fingerprint density at radius 1 is 0.912 bits per heavy atom. The number of carbonyl (C=O) groups excluding carboxylic acids is 2. The molecule has 1 N–H and O–H groups in total. The molecule has 7 nitrogen and oxygen atoms in total. The maximum absolute atomic E-state index is 13.6. The maximum atomic E-state index is 13.6. The number of nitrogens with one attached hydrogen (secondary N) is 1. The Morgan fingerprint density at radius 3 is 2.21 bits per heavy atom. The summed E-state index contributed by atoms with van der Waals surface area (Å²) < 4.78 is 21.4. The zero-order valence-corrected chi connectivity index (χ0v) is 20.1. The Hall–Kier alpha value is -3.74. The van der Waals surface area contributed by atoms with Crippen LogP contribution in [0.3, 0.4) is 0 Å². The molecule has 2 aromatic carbocycles. The molecular formula is C27H29NO6. The van der Waals surface area contributed by atoms with Gasteiger partial charge in [-0.15, -0.1) is 0 Å². The molecule has 178 valence electrons. The number of ether oxygens (including phenoxy) is 4. The van der Waals surface area contributed by atoms with Crippen molar-refractivity contribution in [3.8, 4) is 17.2 Å². The molecular weight excluding hydrogens is 434 g/mol. The van der Waals surface area contributed by atoms with E-state index in [4.69, 9.17) is 18.9 Å². The summed E-state index contributed by atoms with van der Waals surface area (Å²) in [5.41, 5.74) is 4.26. The van der Waals surface area contributed by atoms with Crippen molar-refractivity contribution in [2.24, 2.45) is 0 Å². The second-order valence-electron chi connectivity index (χ2n) is 8.39. The van der Waals surface area contributed by atoms with E-state index >= 15 is 0 Å². The second kappa shape index (κ2) is 9.63. The van der Waals surface area contributed by atoms with E-state index in [-0.39, 0.29) is 11.7 Å². The van der Waals surface area contributed by atoms with Gasteiger partial charge in [-0.25, -0.2) is 4.79 Å². The number of hydrogen-bond acceptors (Lipinski definition) is 7. The maximum Gasteiger partial charge on any atom is 0.336 e. The van der Waals surface area contributed by atoms with Gasteiger partial charge < -0.3 is 24.3 Å². The fourth-order valence-electron chi connectivity index (χ4n) is 4.90. The number of ketones is 1. The molecule has 0 fully saturated rings. The lowest BCUT2D eigenvalue weighted by atomic mass is 9.71. The fourth-order valence-corrected chi connectivity index (χ4v) is 4.90. The highest BCUT2D eigenvalue weighted by atomic mass is 16.5. The summed E-state index contributed by atoms with van der Waals surface area (Å²) in [6.07, 6.45) is 0.990. The van der Waals surface area contributed by atoms with Crippen LogP contribution < -0.4 is 19.5 Å². The molecule has 34 heavy (non-hydrogen) atoms. The van der Waals surface area contributed by atoms with Gasteiger partial charge in [0.1, 0.15) is 17.2 Å². The van der Waals surface area contributed by atoms with Crippen molar-refractivity contribution in [1.29, 1.82) is 0 Å². The minimum absolute atomic E-state index is 0.00802. The summed E-state index contributed by atoms with van der Waals surface area (Å²) in [4.78, 5) is 26.5. The van der Waals surface area contributed by atoms with Gasteiger partial charge in [0.05, 0.1) is 39.9 Å². The van der Waals surface area contributed by atoms with Crippen LogP contribution in [0.1, 0.15) is 42.7 Å². The Bertz CT molecular complexity index is 1180. The van der Waals surface area contributed by atoms with E-state index in [1.54, 1.807) is 33.5 Å². The lowest BCUT2D eigenvalue weighted by Gasteiger charge is -2.37. The highest BCUT2D eigenvalue weighted by Gasteiger charge is 2.42. The number of carbonyl (C=O) groups is 2. The average Bonchev–Trinajstić information content (AvgIpc) is 2.86. The molecule has 1 aliphatic carbocycles. The van der Waals surface area contributed by atoms with E-state index in [0.717, 1.165) is 17.0 Å². The van der Waals surface area contributed by atoms with E-state index < -0.39 is 11.9 Å². The molecule has 0 unspecified atom stereocenters. The summed E-state index contributed by atoms with van der Waals surface area (Å²) in [6, 6.07) is 13.2. The third-order valence-corrected chi connectivity index (χ3v) is 6.57. The number of allylic oxidation sites excluding steroid dienone is 3. The predicted octanol–water partition coefficient (Wildman–Crippen LogP) is 4.25. The number of Topliss-reactive ketones (excluding diaryl/α,β-unsaturated/α-hetero) is 1. The van der Waals surface area contributed by atoms with Crippen molar-refractivity contribution < 1.29 is 28.5 Å². The Balaban J connectivity index is 1.82. The van der Waals surface area contributed by atoms with Gasteiger partial charge in [0, 0.05) is 35.0 Å². The SMILES string of the molecule is COC(=O)C1=C(C)NC2=C(C(=O)C[C@H](c3ccc(OC)cc3)C2)[C@H]1c1ccc(OC)cc1OC. The van der Waals surface area contributed by atoms with Crippen LogP contribution in [0.5, 0.6) is 17.2 Å². The van der Waals surface area contributed by atoms with Gasteiger partial charge in [-0.05, 0) is 43.0 Å². The van der Waals surface area contributed by atoms with E-state index in [1.807, 2.05) is 37.3 Å². The molecule has 2 aliphatic rings. The molecule has 0 amide bonds. The van der Waals surface area contributed by atoms with Gasteiger partial charge in [-0.1, -0.05) is 18.2 Å². The van der Waals surface area contributed by atoms with E-state index in [1.165, 1.54) is 7.11 Å². The van der Waals surface area contributed by atoms with Crippen molar-refractivity contribution in [2.45, 2.75) is 31.6 Å². The Morgan fingerprint density at radius 2 is 1.59 bits per heavy atom. The zero-order chi connectivity index (χ0) is 24.4. The average molecular weight is 464 g/mol. The van der Waals surface area contributed by atoms with Gasteiger partial charge >= 0.3 is 5.97 Å². The summed E-state index contributed by atoms with van der Waals surface area (Å²) in [5.74, 6) is 0.867. The second-order valence-corrected chi connectivity index (χ2v) is 8.39. The molecule has 2 atom stereocenters. The summed E-state index contributed by atoms with van der Waals surface area (Å²) in [7, 11) is 6.11. The zero-order valence-electron chi connectivity index (χ0n) is 20.1. The van der Waals surface area contributed by atoms with Crippen LogP contribution in [0.2, 0.25) is 0 Å². The van der Waals surface area contributed by atoms with Crippen molar-refractivity contribution in [3.05, 3.63) is 76.1 Å². The molecule has 4 rings (SSSR count). The first-order chi connectivity index (χ1) is 16.4. The van der Waals surface area contributed by atoms with Crippen molar-refractivity contribution in [3.63, 3.8) is 0 Å². The summed E-state index contributed by atoms with van der Waals surface area (Å²) >= 11 is 0. The Labute approximate surface area is 199 Å². The smallest absolute Gasteiger partial charge is 0.336 e. The first kappa shape index (κ1) is 23.4. The molecule has 0 saturated carbocycles. The lowest BCUT2D eigenvalue weighted by Crippen LogP contribution is -2.36. The van der Waals surface area contributed by atoms with Crippen molar-refractivity contribution in [1.82, 2.24) is 5.32 Å². The first-order valence-corrected chi connectivity index (χ1v) is 11.1. The van der Waals surface area contributed by atoms with E-state index in [2.05, 4.69) is 5.32 Å². The number of hydrogen-bond donors (Lipinski definition) is 1. The predicted molar refractivity (Wildman–Crippen MR) is 127 cm³/mol. The minimum atomic E-state index is -0.603. The quantitative estimate of drug-likeness (QED) is 0.642. The largest absolute Gasteiger partial charge is 0.497 e. The Kier molecular flexibility index (Phi) is 6.63. The monoisotopic (exact) mass is 463 g/mol. The van der Waals surface area contributed by atoms with Crippen LogP contribution in [-0.2, 0) is 14.3 Å². The van der Waals surface area contributed by atoms with Crippen LogP contribution in [0.25, 0.3) is 0 Å². The number of dihydropyridines is 1. The standard InChI is InChI=1S/C27H29NO6/c1-15-24(27(30)34-5)25(20-11-10-19(32-3)14-23(20)33-4)26-21(28-15)12-17(13-22(26)29)16-6-8-18(31-2)9-7-16/h6-11,14,17,25,28H,12-13H2,1-5H3/t17-,25+/m1/s1. The number of methoxy groups -OCH3 is 4. The van der Waals surface area contributed by atoms with Crippen LogP contribution >= 0.6 is 0 Å². The third kappa shape index (κ3) is 4.14. The number of benzene rings is 2. The van der Waals surface area contributed by atoms with Gasteiger partial charge in [-0.3, -0.25) is 4.79 Å². The molecule has 0 aromatic heterocycles. The van der Waals surface area contributed by atoms with Gasteiger partial charge in [0.15, 0.2) is 5.78 Å². The highest BCUT2D eigenvalue weighted by molar-refractivity contribution is 6.04. The number of rotatable bonds is 6. The molecule has 2 aromatic rings. The van der Waals surface area contributed by atoms with Crippen LogP contribution in [0.15, 0.2) is 65.0 Å². The molecule has 7 heteroatoms. The number of esters is 1. The topological polar surface area (TPSA) is 83.1 Å². The molecule has 0 saturated heterocycles. The van der Waals surface area contributed by atoms with Crippen LogP contribution in [-0.4, -0.2) is 40.2 Å². The lowest BCUT2D eigenvalue weighted by molar-refractivity contribution is -0.136. The molecule has 1 heterocycles.